The third-order valence-corrected chi connectivity index (χ3v) is 4.38. The molecule has 1 aliphatic rings. The average Bonchev–Trinajstić information content (AvgIpc) is 2.74. The fourth-order valence-electron chi connectivity index (χ4n) is 1.69. The maximum Gasteiger partial charge on any atom is 0.310 e. The van der Waals surface area contributed by atoms with Crippen molar-refractivity contribution >= 4 is 38.2 Å². The van der Waals surface area contributed by atoms with Gasteiger partial charge in [-0.2, -0.15) is 0 Å². The van der Waals surface area contributed by atoms with Crippen molar-refractivity contribution in [2.24, 2.45) is 0 Å². The van der Waals surface area contributed by atoms with Gasteiger partial charge in [-0.1, -0.05) is 18.2 Å². The van der Waals surface area contributed by atoms with Crippen LogP contribution in [0.1, 0.15) is 5.56 Å². The Labute approximate surface area is 101 Å². The van der Waals surface area contributed by atoms with Crippen LogP contribution in [0.3, 0.4) is 0 Å². The molecule has 1 aliphatic heterocycles. The van der Waals surface area contributed by atoms with Gasteiger partial charge in [-0.3, -0.25) is 5.21 Å². The molecule has 1 aromatic carbocycles. The minimum atomic E-state index is 0.486. The van der Waals surface area contributed by atoms with Gasteiger partial charge >= 0.3 is 5.04 Å². The van der Waals surface area contributed by atoms with Crippen molar-refractivity contribution in [2.75, 3.05) is 12.4 Å². The Morgan fingerprint density at radius 1 is 1.31 bits per heavy atom. The van der Waals surface area contributed by atoms with E-state index in [-0.39, 0.29) is 0 Å². The number of rotatable bonds is 1. The third-order valence-electron chi connectivity index (χ3n) is 2.41. The summed E-state index contributed by atoms with van der Waals surface area (Å²) in [6.45, 7) is 0.486. The van der Waals surface area contributed by atoms with Crippen LogP contribution in [0.4, 0.5) is 0 Å². The lowest BCUT2D eigenvalue weighted by molar-refractivity contribution is -0.739. The molecule has 0 unspecified atom stereocenters. The van der Waals surface area contributed by atoms with Crippen LogP contribution in [0.15, 0.2) is 29.6 Å². The zero-order chi connectivity index (χ0) is 11.0. The summed E-state index contributed by atoms with van der Waals surface area (Å²) in [5, 5.41) is 15.4. The van der Waals surface area contributed by atoms with Crippen LogP contribution in [0, 0.1) is 5.21 Å². The summed E-state index contributed by atoms with van der Waals surface area (Å²) in [5.41, 5.74) is 0.986. The fraction of sp³-hybridized carbons (Fsp3) is 0.182. The molecule has 3 rings (SSSR count). The molecule has 0 aliphatic carbocycles. The topological polar surface area (TPSA) is 35.3 Å². The van der Waals surface area contributed by atoms with Crippen molar-refractivity contribution in [2.45, 2.75) is 0 Å². The van der Waals surface area contributed by atoms with Crippen molar-refractivity contribution in [1.82, 2.24) is 0 Å². The van der Waals surface area contributed by atoms with Crippen LogP contribution >= 0.6 is 23.1 Å². The minimum Gasteiger partial charge on any atom is -0.401 e. The van der Waals surface area contributed by atoms with E-state index in [9.17, 15) is 5.21 Å². The summed E-state index contributed by atoms with van der Waals surface area (Å²) in [5.74, 6) is 0.832. The summed E-state index contributed by atoms with van der Waals surface area (Å²) in [4.78, 5) is 5.63. The first-order valence-electron chi connectivity index (χ1n) is 4.93. The van der Waals surface area contributed by atoms with Crippen LogP contribution in [-0.2, 0) is 4.84 Å². The van der Waals surface area contributed by atoms with Gasteiger partial charge < -0.3 is 4.84 Å². The van der Waals surface area contributed by atoms with Gasteiger partial charge in [-0.25, -0.2) is 0 Å². The molecule has 0 saturated carbocycles. The highest BCUT2D eigenvalue weighted by molar-refractivity contribution is 8.14. The molecule has 0 bridgehead atoms. The quantitative estimate of drug-likeness (QED) is 0.731. The molecule has 0 radical (unpaired) electrons. The Morgan fingerprint density at radius 3 is 3.06 bits per heavy atom. The standard InChI is InChI=1S/C11H9NO2S2/c13-12-11(15-6-5-14-12)9-7-16-10-4-2-1-3-8(9)10/h1-4,7H,5-6H2. The number of nitrogens with zero attached hydrogens (tertiary/aromatic N) is 1. The Kier molecular flexibility index (Phi) is 2.49. The van der Waals surface area contributed by atoms with E-state index >= 15 is 0 Å². The first-order valence-corrected chi connectivity index (χ1v) is 6.79. The molecule has 0 N–H and O–H groups in total. The van der Waals surface area contributed by atoms with Crippen LogP contribution < -0.4 is 0 Å². The van der Waals surface area contributed by atoms with Crippen molar-refractivity contribution in [3.05, 3.63) is 40.4 Å². The Balaban J connectivity index is 2.19. The lowest BCUT2D eigenvalue weighted by Gasteiger charge is -2.13. The van der Waals surface area contributed by atoms with Gasteiger partial charge in [0, 0.05) is 21.2 Å². The molecule has 2 heterocycles. The Hall–Kier alpha value is -1.20. The van der Waals surface area contributed by atoms with Crippen LogP contribution in [0.5, 0.6) is 0 Å². The molecule has 5 heteroatoms. The zero-order valence-electron chi connectivity index (χ0n) is 8.38. The molecule has 0 amide bonds. The highest BCUT2D eigenvalue weighted by Crippen LogP contribution is 2.29. The summed E-state index contributed by atoms with van der Waals surface area (Å²) in [7, 11) is 0. The molecule has 3 nitrogen and oxygen atoms in total. The molecule has 82 valence electrons. The fourth-order valence-corrected chi connectivity index (χ4v) is 3.54. The highest BCUT2D eigenvalue weighted by Gasteiger charge is 2.23. The van der Waals surface area contributed by atoms with Gasteiger partial charge in [0.1, 0.15) is 0 Å². The van der Waals surface area contributed by atoms with Crippen molar-refractivity contribution in [1.29, 1.82) is 0 Å². The van der Waals surface area contributed by atoms with Crippen LogP contribution in [-0.4, -0.2) is 22.3 Å². The van der Waals surface area contributed by atoms with E-state index in [2.05, 4.69) is 6.07 Å². The van der Waals surface area contributed by atoms with Gasteiger partial charge in [0.25, 0.3) is 0 Å². The first kappa shape index (κ1) is 9.99. The number of hydrogen-bond donors (Lipinski definition) is 0. The van der Waals surface area contributed by atoms with E-state index in [1.54, 1.807) is 23.1 Å². The largest absolute Gasteiger partial charge is 0.401 e. The van der Waals surface area contributed by atoms with Gasteiger partial charge in [0.05, 0.1) is 17.1 Å². The van der Waals surface area contributed by atoms with E-state index in [0.717, 1.165) is 16.7 Å². The molecular formula is C11H9NO2S2. The summed E-state index contributed by atoms with van der Waals surface area (Å²) >= 11 is 3.21. The zero-order valence-corrected chi connectivity index (χ0v) is 10.0. The molecule has 2 aromatic rings. The SMILES string of the molecule is [O-][N+]1=C(c2csc3ccccc23)SCCO1. The normalized spacial score (nSPS) is 16.5. The second-order valence-corrected chi connectivity index (χ2v) is 5.38. The number of thiophene rings is 1. The third kappa shape index (κ3) is 1.56. The van der Waals surface area contributed by atoms with Gasteiger partial charge in [-0.15, -0.1) is 11.3 Å². The molecule has 0 fully saturated rings. The predicted molar refractivity (Wildman–Crippen MR) is 68.0 cm³/mol. The lowest BCUT2D eigenvalue weighted by Crippen LogP contribution is -2.22. The Morgan fingerprint density at radius 2 is 2.19 bits per heavy atom. The maximum atomic E-state index is 11.6. The second-order valence-electron chi connectivity index (χ2n) is 3.39. The van der Waals surface area contributed by atoms with E-state index in [0.29, 0.717) is 16.6 Å². The molecular weight excluding hydrogens is 242 g/mol. The van der Waals surface area contributed by atoms with Gasteiger partial charge in [-0.05, 0) is 17.8 Å². The highest BCUT2D eigenvalue weighted by atomic mass is 32.2. The van der Waals surface area contributed by atoms with Gasteiger partial charge in [0.15, 0.2) is 0 Å². The minimum absolute atomic E-state index is 0.486. The molecule has 1 aromatic heterocycles. The van der Waals surface area contributed by atoms with E-state index in [4.69, 9.17) is 4.84 Å². The van der Waals surface area contributed by atoms with E-state index in [1.807, 2.05) is 23.6 Å². The van der Waals surface area contributed by atoms with E-state index < -0.39 is 0 Å². The summed E-state index contributed by atoms with van der Waals surface area (Å²) < 4.78 is 1.20. The first-order chi connectivity index (χ1) is 7.86. The Bertz CT molecular complexity index is 562. The van der Waals surface area contributed by atoms with Crippen molar-refractivity contribution < 1.29 is 9.74 Å². The molecule has 0 saturated heterocycles. The van der Waals surface area contributed by atoms with Crippen LogP contribution in [0.25, 0.3) is 10.1 Å². The smallest absolute Gasteiger partial charge is 0.310 e. The molecule has 16 heavy (non-hydrogen) atoms. The van der Waals surface area contributed by atoms with Crippen LogP contribution in [0.2, 0.25) is 0 Å². The maximum absolute atomic E-state index is 11.6. The monoisotopic (exact) mass is 251 g/mol. The number of fused-ring (bicyclic) bond motifs is 1. The van der Waals surface area contributed by atoms with E-state index in [1.165, 1.54) is 4.70 Å². The molecule has 0 atom stereocenters. The second kappa shape index (κ2) is 3.99. The number of thioether (sulfide) groups is 1. The molecule has 0 spiro atoms. The number of hydrogen-bond acceptors (Lipinski definition) is 4. The summed E-state index contributed by atoms with van der Waals surface area (Å²) in [6, 6.07) is 8.10. The average molecular weight is 251 g/mol. The van der Waals surface area contributed by atoms with Crippen molar-refractivity contribution in [3.8, 4) is 0 Å². The number of benzene rings is 1. The lowest BCUT2D eigenvalue weighted by atomic mass is 10.2. The summed E-state index contributed by atoms with van der Waals surface area (Å²) in [6.07, 6.45) is 0. The van der Waals surface area contributed by atoms with Crippen molar-refractivity contribution in [3.63, 3.8) is 0 Å². The predicted octanol–water partition coefficient (Wildman–Crippen LogP) is 2.84. The van der Waals surface area contributed by atoms with Gasteiger partial charge in [0.2, 0.25) is 0 Å².